The zero-order chi connectivity index (χ0) is 21.1. The van der Waals surface area contributed by atoms with Gasteiger partial charge in [0.2, 0.25) is 0 Å². The molecule has 0 aliphatic carbocycles. The molecule has 2 rings (SSSR count). The number of aromatic nitrogens is 2. The Hall–Kier alpha value is -2.63. The normalized spacial score (nSPS) is 11.2. The summed E-state index contributed by atoms with van der Waals surface area (Å²) in [5.74, 6) is -0.527. The molecule has 5 nitrogen and oxygen atoms in total. The molecule has 0 radical (unpaired) electrons. The van der Waals surface area contributed by atoms with Crippen molar-refractivity contribution < 1.29 is 13.9 Å². The third-order valence-electron chi connectivity index (χ3n) is 4.73. The number of allylic oxidation sites excluding steroid dienone is 1. The molecule has 1 N–H and O–H groups in total. The van der Waals surface area contributed by atoms with E-state index in [0.29, 0.717) is 17.9 Å². The van der Waals surface area contributed by atoms with Crippen molar-refractivity contribution in [1.82, 2.24) is 15.1 Å². The van der Waals surface area contributed by atoms with Gasteiger partial charge in [0.05, 0.1) is 5.69 Å². The number of halogens is 1. The van der Waals surface area contributed by atoms with Crippen LogP contribution in [0.4, 0.5) is 4.39 Å². The van der Waals surface area contributed by atoms with Crippen LogP contribution >= 0.6 is 0 Å². The fourth-order valence-electron chi connectivity index (χ4n) is 2.99. The van der Waals surface area contributed by atoms with E-state index in [4.69, 9.17) is 4.74 Å². The van der Waals surface area contributed by atoms with E-state index in [1.165, 1.54) is 25.7 Å². The summed E-state index contributed by atoms with van der Waals surface area (Å²) in [6, 6.07) is 6.73. The van der Waals surface area contributed by atoms with Crippen molar-refractivity contribution in [1.29, 1.82) is 0 Å². The van der Waals surface area contributed by atoms with Gasteiger partial charge in [0.25, 0.3) is 5.91 Å². The van der Waals surface area contributed by atoms with Crippen LogP contribution in [0.2, 0.25) is 0 Å². The van der Waals surface area contributed by atoms with E-state index < -0.39 is 5.82 Å². The van der Waals surface area contributed by atoms with E-state index in [9.17, 15) is 9.18 Å². The molecule has 1 aromatic carbocycles. The Morgan fingerprint density at radius 1 is 1.24 bits per heavy atom. The zero-order valence-corrected chi connectivity index (χ0v) is 17.7. The molecule has 0 saturated heterocycles. The van der Waals surface area contributed by atoms with Crippen LogP contribution in [-0.4, -0.2) is 22.3 Å². The first-order valence-electron chi connectivity index (χ1n) is 10.4. The second kappa shape index (κ2) is 12.0. The third kappa shape index (κ3) is 7.04. The lowest BCUT2D eigenvalue weighted by Crippen LogP contribution is -2.25. The van der Waals surface area contributed by atoms with Crippen molar-refractivity contribution in [2.24, 2.45) is 7.05 Å². The molecule has 0 aliphatic rings. The van der Waals surface area contributed by atoms with Gasteiger partial charge in [0.1, 0.15) is 12.3 Å². The molecule has 1 heterocycles. The van der Waals surface area contributed by atoms with Crippen molar-refractivity contribution in [2.45, 2.75) is 58.9 Å². The third-order valence-corrected chi connectivity index (χ3v) is 4.73. The van der Waals surface area contributed by atoms with Crippen LogP contribution in [0.1, 0.15) is 67.7 Å². The minimum absolute atomic E-state index is 0.0851. The fraction of sp³-hybridized carbons (Fsp3) is 0.478. The molecular formula is C23H32FN3O2. The zero-order valence-electron chi connectivity index (χ0n) is 17.7. The standard InChI is InChI=1S/C23H32FN3O2/c1-4-6-7-8-9-10-11-15-29-21-14-12-13-18(22(21)24)17-25-23(28)20-16-19(5-2)26-27(20)3/h10-14,16H,4-9,15,17H2,1-3H3,(H,25,28). The first-order chi connectivity index (χ1) is 14.1. The lowest BCUT2D eigenvalue weighted by molar-refractivity contribution is 0.0941. The van der Waals surface area contributed by atoms with Gasteiger partial charge in [-0.3, -0.25) is 9.48 Å². The van der Waals surface area contributed by atoms with Gasteiger partial charge in [-0.05, 0) is 31.4 Å². The van der Waals surface area contributed by atoms with Gasteiger partial charge in [-0.25, -0.2) is 4.39 Å². The van der Waals surface area contributed by atoms with Gasteiger partial charge in [-0.15, -0.1) is 0 Å². The Morgan fingerprint density at radius 3 is 2.79 bits per heavy atom. The number of rotatable bonds is 12. The summed E-state index contributed by atoms with van der Waals surface area (Å²) in [5.41, 5.74) is 1.69. The Balaban J connectivity index is 1.85. The number of amides is 1. The molecule has 0 atom stereocenters. The number of unbranched alkanes of at least 4 members (excludes halogenated alkanes) is 4. The van der Waals surface area contributed by atoms with Gasteiger partial charge in [-0.2, -0.15) is 5.10 Å². The number of carbonyl (C=O) groups is 1. The predicted octanol–water partition coefficient (Wildman–Crippen LogP) is 4.96. The number of hydrogen-bond acceptors (Lipinski definition) is 3. The molecule has 0 spiro atoms. The van der Waals surface area contributed by atoms with Crippen molar-refractivity contribution in [3.63, 3.8) is 0 Å². The number of nitrogens with one attached hydrogen (secondary N) is 1. The van der Waals surface area contributed by atoms with Crippen molar-refractivity contribution in [3.05, 3.63) is 59.2 Å². The highest BCUT2D eigenvalue weighted by Gasteiger charge is 2.14. The molecule has 1 amide bonds. The number of aryl methyl sites for hydroxylation is 2. The number of nitrogens with zero attached hydrogens (tertiary/aromatic N) is 2. The van der Waals surface area contributed by atoms with Crippen molar-refractivity contribution in [3.8, 4) is 5.75 Å². The molecule has 0 bridgehead atoms. The number of ether oxygens (including phenoxy) is 1. The maximum atomic E-state index is 14.7. The van der Waals surface area contributed by atoms with Crippen LogP contribution in [0.25, 0.3) is 0 Å². The van der Waals surface area contributed by atoms with Crippen LogP contribution in [0, 0.1) is 5.82 Å². The molecule has 0 saturated carbocycles. The summed E-state index contributed by atoms with van der Waals surface area (Å²) in [6.07, 6.45) is 10.7. The molecule has 2 aromatic rings. The van der Waals surface area contributed by atoms with Gasteiger partial charge in [-0.1, -0.05) is 57.4 Å². The second-order valence-electron chi connectivity index (χ2n) is 7.04. The Kier molecular flexibility index (Phi) is 9.41. The van der Waals surface area contributed by atoms with Gasteiger partial charge in [0.15, 0.2) is 11.6 Å². The van der Waals surface area contributed by atoms with Crippen LogP contribution in [0.15, 0.2) is 36.4 Å². The molecule has 0 fully saturated rings. The van der Waals surface area contributed by atoms with Crippen LogP contribution in [-0.2, 0) is 20.0 Å². The van der Waals surface area contributed by atoms with E-state index >= 15 is 0 Å². The van der Waals surface area contributed by atoms with E-state index in [2.05, 4.69) is 23.4 Å². The minimum Gasteiger partial charge on any atom is -0.486 e. The monoisotopic (exact) mass is 401 g/mol. The summed E-state index contributed by atoms with van der Waals surface area (Å²) >= 11 is 0. The summed E-state index contributed by atoms with van der Waals surface area (Å²) in [7, 11) is 1.72. The van der Waals surface area contributed by atoms with E-state index in [1.807, 2.05) is 13.0 Å². The van der Waals surface area contributed by atoms with Crippen LogP contribution in [0.3, 0.4) is 0 Å². The average Bonchev–Trinajstić information content (AvgIpc) is 3.11. The molecule has 158 valence electrons. The van der Waals surface area contributed by atoms with Crippen molar-refractivity contribution in [2.75, 3.05) is 6.61 Å². The van der Waals surface area contributed by atoms with Crippen molar-refractivity contribution >= 4 is 5.91 Å². The molecule has 0 unspecified atom stereocenters. The maximum Gasteiger partial charge on any atom is 0.269 e. The summed E-state index contributed by atoms with van der Waals surface area (Å²) in [5, 5.41) is 7.01. The number of hydrogen-bond donors (Lipinski definition) is 1. The van der Waals surface area contributed by atoms with Crippen LogP contribution in [0.5, 0.6) is 5.75 Å². The first kappa shape index (κ1) is 22.7. The van der Waals surface area contributed by atoms with Gasteiger partial charge in [0, 0.05) is 19.2 Å². The van der Waals surface area contributed by atoms with E-state index in [1.54, 1.807) is 36.0 Å². The van der Waals surface area contributed by atoms with Gasteiger partial charge >= 0.3 is 0 Å². The number of benzene rings is 1. The quantitative estimate of drug-likeness (QED) is 0.404. The lowest BCUT2D eigenvalue weighted by Gasteiger charge is -2.10. The molecule has 1 aromatic heterocycles. The Labute approximate surface area is 173 Å². The minimum atomic E-state index is -0.441. The highest BCUT2D eigenvalue weighted by Crippen LogP contribution is 2.20. The SMILES string of the molecule is CCCCCCC=CCOc1cccc(CNC(=O)c2cc(CC)nn2C)c1F. The highest BCUT2D eigenvalue weighted by molar-refractivity contribution is 5.92. The topological polar surface area (TPSA) is 56.1 Å². The predicted molar refractivity (Wildman–Crippen MR) is 114 cm³/mol. The smallest absolute Gasteiger partial charge is 0.269 e. The van der Waals surface area contributed by atoms with E-state index in [0.717, 1.165) is 18.5 Å². The molecule has 0 aliphatic heterocycles. The Bertz CT molecular complexity index is 814. The molecular weight excluding hydrogens is 369 g/mol. The maximum absolute atomic E-state index is 14.7. The largest absolute Gasteiger partial charge is 0.486 e. The molecule has 29 heavy (non-hydrogen) atoms. The summed E-state index contributed by atoms with van der Waals surface area (Å²) in [4.78, 5) is 12.4. The first-order valence-corrected chi connectivity index (χ1v) is 10.4. The van der Waals surface area contributed by atoms with E-state index in [-0.39, 0.29) is 18.2 Å². The summed E-state index contributed by atoms with van der Waals surface area (Å²) < 4.78 is 21.7. The summed E-state index contributed by atoms with van der Waals surface area (Å²) in [6.45, 7) is 4.59. The van der Waals surface area contributed by atoms with Crippen LogP contribution < -0.4 is 10.1 Å². The number of carbonyl (C=O) groups excluding carboxylic acids is 1. The Morgan fingerprint density at radius 2 is 2.07 bits per heavy atom. The molecule has 6 heteroatoms. The average molecular weight is 402 g/mol. The lowest BCUT2D eigenvalue weighted by atomic mass is 10.1. The van der Waals surface area contributed by atoms with Gasteiger partial charge < -0.3 is 10.1 Å². The fourth-order valence-corrected chi connectivity index (χ4v) is 2.99. The second-order valence-corrected chi connectivity index (χ2v) is 7.04. The highest BCUT2D eigenvalue weighted by atomic mass is 19.1.